The minimum atomic E-state index is -0.0795. The van der Waals surface area contributed by atoms with Gasteiger partial charge in [-0.15, -0.1) is 35.3 Å². The molecule has 0 bridgehead atoms. The van der Waals surface area contributed by atoms with Crippen LogP contribution < -0.4 is 16.0 Å². The van der Waals surface area contributed by atoms with Gasteiger partial charge in [0.25, 0.3) is 5.91 Å². The first-order valence-corrected chi connectivity index (χ1v) is 8.33. The molecule has 130 valence electrons. The Kier molecular flexibility index (Phi) is 9.41. The number of hydrogen-bond acceptors (Lipinski definition) is 5. The molecule has 1 aliphatic heterocycles. The summed E-state index contributed by atoms with van der Waals surface area (Å²) in [6.07, 6.45) is 2.49. The lowest BCUT2D eigenvalue weighted by atomic mass is 10.2. The minimum absolute atomic E-state index is 0. The zero-order valence-electron chi connectivity index (χ0n) is 13.4. The number of rotatable bonds is 6. The molecule has 2 heterocycles. The molecule has 0 saturated carbocycles. The lowest BCUT2D eigenvalue weighted by molar-refractivity contribution is 0.0957. The van der Waals surface area contributed by atoms with E-state index in [9.17, 15) is 4.79 Å². The highest BCUT2D eigenvalue weighted by Gasteiger charge is 2.15. The number of nitrogens with zero attached hydrogens (tertiary/aromatic N) is 2. The van der Waals surface area contributed by atoms with Crippen molar-refractivity contribution in [1.82, 2.24) is 20.9 Å². The number of carbonyl (C=O) groups excluding carboxylic acids is 1. The summed E-state index contributed by atoms with van der Waals surface area (Å²) in [5.41, 5.74) is 2.45. The van der Waals surface area contributed by atoms with Gasteiger partial charge in [0.05, 0.1) is 17.3 Å². The van der Waals surface area contributed by atoms with E-state index in [0.717, 1.165) is 37.6 Å². The molecule has 23 heavy (non-hydrogen) atoms. The van der Waals surface area contributed by atoms with Gasteiger partial charge in [0, 0.05) is 33.3 Å². The number of hydrogen-bond donors (Lipinski definition) is 3. The Hall–Kier alpha value is -0.940. The largest absolute Gasteiger partial charge is 0.376 e. The molecule has 1 saturated heterocycles. The van der Waals surface area contributed by atoms with Gasteiger partial charge in [-0.1, -0.05) is 0 Å². The molecule has 1 amide bonds. The van der Waals surface area contributed by atoms with E-state index in [1.54, 1.807) is 12.6 Å². The van der Waals surface area contributed by atoms with Crippen molar-refractivity contribution in [2.75, 3.05) is 33.3 Å². The maximum absolute atomic E-state index is 11.9. The normalized spacial score (nSPS) is 17.5. The third-order valence-corrected chi connectivity index (χ3v) is 4.33. The summed E-state index contributed by atoms with van der Waals surface area (Å²) in [4.78, 5) is 20.8. The number of nitrogens with one attached hydrogen (secondary N) is 3. The summed E-state index contributed by atoms with van der Waals surface area (Å²) in [6.45, 7) is 4.57. The van der Waals surface area contributed by atoms with E-state index in [1.807, 2.05) is 6.92 Å². The summed E-state index contributed by atoms with van der Waals surface area (Å²) in [7, 11) is 1.73. The van der Waals surface area contributed by atoms with Crippen molar-refractivity contribution in [3.63, 3.8) is 0 Å². The first-order valence-electron chi connectivity index (χ1n) is 7.45. The van der Waals surface area contributed by atoms with Crippen LogP contribution in [0.1, 0.15) is 28.2 Å². The van der Waals surface area contributed by atoms with Gasteiger partial charge < -0.3 is 20.7 Å². The van der Waals surface area contributed by atoms with E-state index in [4.69, 9.17) is 4.74 Å². The number of ether oxygens (including phenoxy) is 1. The molecule has 1 aromatic heterocycles. The lowest BCUT2D eigenvalue weighted by Crippen LogP contribution is -2.43. The number of thiazole rings is 1. The molecule has 3 N–H and O–H groups in total. The predicted octanol–water partition coefficient (Wildman–Crippen LogP) is 1.14. The Bertz CT molecular complexity index is 517. The quantitative estimate of drug-likeness (QED) is 0.260. The molecule has 2 rings (SSSR count). The van der Waals surface area contributed by atoms with Gasteiger partial charge >= 0.3 is 0 Å². The van der Waals surface area contributed by atoms with Crippen LogP contribution in [0.4, 0.5) is 0 Å². The maximum Gasteiger partial charge on any atom is 0.263 e. The molecule has 0 spiro atoms. The summed E-state index contributed by atoms with van der Waals surface area (Å²) in [5.74, 6) is 0.642. The molecule has 1 atom stereocenters. The summed E-state index contributed by atoms with van der Waals surface area (Å²) in [6, 6.07) is 0. The first kappa shape index (κ1) is 20.1. The highest BCUT2D eigenvalue weighted by Crippen LogP contribution is 2.11. The molecule has 1 aromatic rings. The van der Waals surface area contributed by atoms with E-state index in [-0.39, 0.29) is 36.0 Å². The Morgan fingerprint density at radius 3 is 2.83 bits per heavy atom. The average molecular weight is 453 g/mol. The number of aromatic nitrogens is 1. The number of aliphatic imine (C=N–C) groups is 1. The third-order valence-electron chi connectivity index (χ3n) is 3.40. The molecule has 1 fully saturated rings. The molecule has 1 unspecified atom stereocenters. The highest BCUT2D eigenvalue weighted by atomic mass is 127. The van der Waals surface area contributed by atoms with E-state index >= 15 is 0 Å². The van der Waals surface area contributed by atoms with Crippen molar-refractivity contribution in [1.29, 1.82) is 0 Å². The third kappa shape index (κ3) is 6.60. The monoisotopic (exact) mass is 453 g/mol. The minimum Gasteiger partial charge on any atom is -0.376 e. The Morgan fingerprint density at radius 2 is 2.22 bits per heavy atom. The van der Waals surface area contributed by atoms with Crippen LogP contribution in [0.15, 0.2) is 10.5 Å². The molecule has 0 aromatic carbocycles. The van der Waals surface area contributed by atoms with Gasteiger partial charge in [0.1, 0.15) is 4.88 Å². The van der Waals surface area contributed by atoms with Crippen molar-refractivity contribution in [3.8, 4) is 0 Å². The van der Waals surface area contributed by atoms with Crippen LogP contribution in [0.2, 0.25) is 0 Å². The molecular weight excluding hydrogens is 429 g/mol. The van der Waals surface area contributed by atoms with Crippen molar-refractivity contribution in [3.05, 3.63) is 16.1 Å². The Morgan fingerprint density at radius 1 is 1.43 bits per heavy atom. The van der Waals surface area contributed by atoms with Gasteiger partial charge in [0.15, 0.2) is 5.96 Å². The van der Waals surface area contributed by atoms with Crippen LogP contribution in [0.3, 0.4) is 0 Å². The van der Waals surface area contributed by atoms with E-state index in [0.29, 0.717) is 18.0 Å². The SMILES string of the molecule is CN=C(NCCNC(=O)c1scnc1C)NCC1CCCO1.I. The molecule has 0 radical (unpaired) electrons. The topological polar surface area (TPSA) is 87.6 Å². The van der Waals surface area contributed by atoms with Gasteiger partial charge in [-0.25, -0.2) is 4.98 Å². The zero-order valence-corrected chi connectivity index (χ0v) is 16.6. The van der Waals surface area contributed by atoms with Crippen LogP contribution in [-0.4, -0.2) is 56.2 Å². The van der Waals surface area contributed by atoms with Crippen molar-refractivity contribution >= 4 is 47.2 Å². The van der Waals surface area contributed by atoms with Gasteiger partial charge in [0.2, 0.25) is 0 Å². The van der Waals surface area contributed by atoms with Crippen LogP contribution in [-0.2, 0) is 4.74 Å². The number of amides is 1. The smallest absolute Gasteiger partial charge is 0.263 e. The Balaban J connectivity index is 0.00000264. The second-order valence-corrected chi connectivity index (χ2v) is 5.89. The van der Waals surface area contributed by atoms with Gasteiger partial charge in [-0.2, -0.15) is 0 Å². The molecule has 1 aliphatic rings. The average Bonchev–Trinajstić information content (AvgIpc) is 3.17. The van der Waals surface area contributed by atoms with Crippen LogP contribution in [0.25, 0.3) is 0 Å². The predicted molar refractivity (Wildman–Crippen MR) is 103 cm³/mol. The highest BCUT2D eigenvalue weighted by molar-refractivity contribution is 14.0. The number of guanidine groups is 1. The fraction of sp³-hybridized carbons (Fsp3) is 0.643. The maximum atomic E-state index is 11.9. The second kappa shape index (κ2) is 10.8. The van der Waals surface area contributed by atoms with Crippen LogP contribution >= 0.6 is 35.3 Å². The summed E-state index contributed by atoms with van der Waals surface area (Å²) in [5, 5.41) is 9.26. The standard InChI is InChI=1S/C14H23N5O2S.HI/c1-10-12(22-9-19-10)13(20)16-5-6-17-14(15-2)18-8-11-4-3-7-21-11;/h9,11H,3-8H2,1-2H3,(H,16,20)(H2,15,17,18);1H. The lowest BCUT2D eigenvalue weighted by Gasteiger charge is -2.15. The van der Waals surface area contributed by atoms with Crippen LogP contribution in [0.5, 0.6) is 0 Å². The second-order valence-electron chi connectivity index (χ2n) is 5.04. The fourth-order valence-corrected chi connectivity index (χ4v) is 2.91. The zero-order chi connectivity index (χ0) is 15.8. The van der Waals surface area contributed by atoms with Crippen LogP contribution in [0, 0.1) is 6.92 Å². The van der Waals surface area contributed by atoms with E-state index in [2.05, 4.69) is 25.9 Å². The molecule has 0 aliphatic carbocycles. The van der Waals surface area contributed by atoms with Crippen molar-refractivity contribution < 1.29 is 9.53 Å². The summed E-state index contributed by atoms with van der Waals surface area (Å²) < 4.78 is 5.55. The van der Waals surface area contributed by atoms with E-state index < -0.39 is 0 Å². The summed E-state index contributed by atoms with van der Waals surface area (Å²) >= 11 is 1.36. The molecule has 7 nitrogen and oxygen atoms in total. The first-order chi connectivity index (χ1) is 10.7. The van der Waals surface area contributed by atoms with Crippen molar-refractivity contribution in [2.45, 2.75) is 25.9 Å². The molecule has 9 heteroatoms. The number of halogens is 1. The number of aryl methyl sites for hydroxylation is 1. The molecular formula is C14H24IN5O2S. The fourth-order valence-electron chi connectivity index (χ4n) is 2.19. The Labute approximate surface area is 157 Å². The van der Waals surface area contributed by atoms with Gasteiger partial charge in [-0.3, -0.25) is 9.79 Å². The number of carbonyl (C=O) groups is 1. The van der Waals surface area contributed by atoms with Gasteiger partial charge in [-0.05, 0) is 19.8 Å². The van der Waals surface area contributed by atoms with E-state index in [1.165, 1.54) is 11.3 Å². The van der Waals surface area contributed by atoms with Crippen molar-refractivity contribution in [2.24, 2.45) is 4.99 Å².